The van der Waals surface area contributed by atoms with Crippen LogP contribution in [0.3, 0.4) is 0 Å². The van der Waals surface area contributed by atoms with Gasteiger partial charge in [-0.1, -0.05) is 6.92 Å². The van der Waals surface area contributed by atoms with Crippen LogP contribution in [0.4, 0.5) is 0 Å². The van der Waals surface area contributed by atoms with Gasteiger partial charge in [0, 0.05) is 16.6 Å². The van der Waals surface area contributed by atoms with E-state index in [4.69, 9.17) is 10.5 Å². The van der Waals surface area contributed by atoms with Crippen LogP contribution >= 0.6 is 11.3 Å². The summed E-state index contributed by atoms with van der Waals surface area (Å²) in [6.45, 7) is 4.83. The first-order valence-corrected chi connectivity index (χ1v) is 7.46. The van der Waals surface area contributed by atoms with Crippen molar-refractivity contribution in [2.75, 3.05) is 6.54 Å². The van der Waals surface area contributed by atoms with E-state index in [1.807, 2.05) is 25.3 Å². The molecule has 0 bridgehead atoms. The molecule has 3 nitrogen and oxygen atoms in total. The lowest BCUT2D eigenvalue weighted by Gasteiger charge is -2.13. The van der Waals surface area contributed by atoms with Gasteiger partial charge >= 0.3 is 0 Å². The van der Waals surface area contributed by atoms with Gasteiger partial charge in [0.1, 0.15) is 10.8 Å². The van der Waals surface area contributed by atoms with Gasteiger partial charge in [0.2, 0.25) is 0 Å². The van der Waals surface area contributed by atoms with Crippen molar-refractivity contribution in [3.8, 4) is 16.3 Å². The van der Waals surface area contributed by atoms with E-state index in [2.05, 4.69) is 24.0 Å². The average molecular weight is 276 g/mol. The van der Waals surface area contributed by atoms with E-state index in [9.17, 15) is 0 Å². The molecule has 1 atom stereocenters. The van der Waals surface area contributed by atoms with Gasteiger partial charge in [-0.2, -0.15) is 0 Å². The summed E-state index contributed by atoms with van der Waals surface area (Å²) in [5, 5.41) is 1.07. The highest BCUT2D eigenvalue weighted by Crippen LogP contribution is 2.27. The van der Waals surface area contributed by atoms with Crippen molar-refractivity contribution in [2.45, 2.75) is 32.8 Å². The Bertz CT molecular complexity index is 507. The molecule has 1 aromatic carbocycles. The van der Waals surface area contributed by atoms with Crippen molar-refractivity contribution < 1.29 is 4.74 Å². The van der Waals surface area contributed by atoms with Crippen molar-refractivity contribution in [1.82, 2.24) is 4.98 Å². The van der Waals surface area contributed by atoms with E-state index in [1.54, 1.807) is 11.3 Å². The molecular weight excluding hydrogens is 256 g/mol. The molecule has 1 unspecified atom stereocenters. The van der Waals surface area contributed by atoms with Crippen molar-refractivity contribution in [1.29, 1.82) is 0 Å². The SMILES string of the molecule is CCc1cnc(-c2ccc(OC(C)CCN)cc2)s1. The number of benzene rings is 1. The third-order valence-electron chi connectivity index (χ3n) is 2.91. The second kappa shape index (κ2) is 6.68. The number of ether oxygens (including phenoxy) is 1. The number of aromatic nitrogens is 1. The van der Waals surface area contributed by atoms with Crippen LogP contribution in [-0.2, 0) is 6.42 Å². The van der Waals surface area contributed by atoms with Crippen molar-refractivity contribution in [2.24, 2.45) is 5.73 Å². The fourth-order valence-corrected chi connectivity index (χ4v) is 2.66. The highest BCUT2D eigenvalue weighted by Gasteiger charge is 2.06. The molecule has 0 saturated heterocycles. The minimum atomic E-state index is 0.155. The molecule has 0 radical (unpaired) electrons. The van der Waals surface area contributed by atoms with Gasteiger partial charge in [-0.3, -0.25) is 0 Å². The molecule has 1 aromatic heterocycles. The fourth-order valence-electron chi connectivity index (χ4n) is 1.81. The third kappa shape index (κ3) is 3.78. The number of hydrogen-bond acceptors (Lipinski definition) is 4. The zero-order valence-electron chi connectivity index (χ0n) is 11.4. The Balaban J connectivity index is 2.05. The molecule has 2 N–H and O–H groups in total. The normalized spacial score (nSPS) is 12.4. The molecule has 0 spiro atoms. The summed E-state index contributed by atoms with van der Waals surface area (Å²) in [7, 11) is 0. The Morgan fingerprint density at radius 1 is 1.32 bits per heavy atom. The molecule has 0 fully saturated rings. The van der Waals surface area contributed by atoms with Crippen LogP contribution < -0.4 is 10.5 Å². The number of aryl methyl sites for hydroxylation is 1. The maximum atomic E-state index is 5.77. The van der Waals surface area contributed by atoms with Crippen LogP contribution in [0, 0.1) is 0 Å². The van der Waals surface area contributed by atoms with Gasteiger partial charge in [-0.15, -0.1) is 11.3 Å². The molecule has 1 heterocycles. The largest absolute Gasteiger partial charge is 0.491 e. The quantitative estimate of drug-likeness (QED) is 0.878. The van der Waals surface area contributed by atoms with Crippen LogP contribution in [0.15, 0.2) is 30.5 Å². The smallest absolute Gasteiger partial charge is 0.123 e. The van der Waals surface area contributed by atoms with Gasteiger partial charge in [-0.05, 0) is 50.6 Å². The van der Waals surface area contributed by atoms with Crippen LogP contribution in [0.25, 0.3) is 10.6 Å². The maximum Gasteiger partial charge on any atom is 0.123 e. The summed E-state index contributed by atoms with van der Waals surface area (Å²) in [5.74, 6) is 0.886. The highest BCUT2D eigenvalue weighted by atomic mass is 32.1. The van der Waals surface area contributed by atoms with E-state index in [-0.39, 0.29) is 6.10 Å². The summed E-state index contributed by atoms with van der Waals surface area (Å²) in [6, 6.07) is 8.11. The Morgan fingerprint density at radius 2 is 2.05 bits per heavy atom. The van der Waals surface area contributed by atoms with Crippen LogP contribution in [0.2, 0.25) is 0 Å². The average Bonchev–Trinajstić information content (AvgIpc) is 2.88. The lowest BCUT2D eigenvalue weighted by Crippen LogP contribution is -2.16. The van der Waals surface area contributed by atoms with E-state index < -0.39 is 0 Å². The Labute approximate surface area is 118 Å². The Morgan fingerprint density at radius 3 is 2.63 bits per heavy atom. The van der Waals surface area contributed by atoms with E-state index in [1.165, 1.54) is 4.88 Å². The first-order valence-electron chi connectivity index (χ1n) is 6.64. The molecule has 19 heavy (non-hydrogen) atoms. The van der Waals surface area contributed by atoms with Crippen molar-refractivity contribution in [3.05, 3.63) is 35.3 Å². The molecule has 0 aliphatic carbocycles. The van der Waals surface area contributed by atoms with Crippen molar-refractivity contribution >= 4 is 11.3 Å². The number of hydrogen-bond donors (Lipinski definition) is 1. The molecule has 0 saturated carbocycles. The first kappa shape index (κ1) is 14.0. The van der Waals surface area contributed by atoms with E-state index >= 15 is 0 Å². The summed E-state index contributed by atoms with van der Waals surface area (Å²) in [4.78, 5) is 5.75. The molecule has 4 heteroatoms. The van der Waals surface area contributed by atoms with Gasteiger partial charge in [0.25, 0.3) is 0 Å². The minimum absolute atomic E-state index is 0.155. The lowest BCUT2D eigenvalue weighted by atomic mass is 10.2. The van der Waals surface area contributed by atoms with Gasteiger partial charge < -0.3 is 10.5 Å². The zero-order chi connectivity index (χ0) is 13.7. The minimum Gasteiger partial charge on any atom is -0.491 e. The van der Waals surface area contributed by atoms with Gasteiger partial charge in [-0.25, -0.2) is 4.98 Å². The summed E-state index contributed by atoms with van der Waals surface area (Å²) in [6.07, 6.45) is 4.01. The van der Waals surface area contributed by atoms with Crippen LogP contribution in [0.5, 0.6) is 5.75 Å². The van der Waals surface area contributed by atoms with Gasteiger partial charge in [0.05, 0.1) is 6.10 Å². The molecule has 0 aliphatic rings. The molecule has 102 valence electrons. The number of nitrogens with zero attached hydrogens (tertiary/aromatic N) is 1. The number of nitrogens with two attached hydrogens (primary N) is 1. The summed E-state index contributed by atoms with van der Waals surface area (Å²) in [5.41, 5.74) is 6.65. The summed E-state index contributed by atoms with van der Waals surface area (Å²) < 4.78 is 5.77. The number of rotatable bonds is 6. The predicted molar refractivity (Wildman–Crippen MR) is 80.7 cm³/mol. The summed E-state index contributed by atoms with van der Waals surface area (Å²) >= 11 is 1.75. The third-order valence-corrected chi connectivity index (χ3v) is 4.10. The predicted octanol–water partition coefficient (Wildman–Crippen LogP) is 3.49. The molecule has 0 amide bonds. The molecule has 2 rings (SSSR count). The van der Waals surface area contributed by atoms with E-state index in [0.29, 0.717) is 6.54 Å². The topological polar surface area (TPSA) is 48.1 Å². The fraction of sp³-hybridized carbons (Fsp3) is 0.400. The molecule has 2 aromatic rings. The van der Waals surface area contributed by atoms with E-state index in [0.717, 1.165) is 29.2 Å². The zero-order valence-corrected chi connectivity index (χ0v) is 12.2. The van der Waals surface area contributed by atoms with Crippen LogP contribution in [-0.4, -0.2) is 17.6 Å². The second-order valence-corrected chi connectivity index (χ2v) is 5.63. The molecule has 0 aliphatic heterocycles. The lowest BCUT2D eigenvalue weighted by molar-refractivity contribution is 0.214. The monoisotopic (exact) mass is 276 g/mol. The van der Waals surface area contributed by atoms with Crippen molar-refractivity contribution in [3.63, 3.8) is 0 Å². The Hall–Kier alpha value is -1.39. The number of thiazole rings is 1. The standard InChI is InChI=1S/C15H20N2OS/c1-3-14-10-17-15(19-14)12-4-6-13(7-5-12)18-11(2)8-9-16/h4-7,10-11H,3,8-9,16H2,1-2H3. The maximum absolute atomic E-state index is 5.77. The van der Waals surface area contributed by atoms with Gasteiger partial charge in [0.15, 0.2) is 0 Å². The molecular formula is C15H20N2OS. The highest BCUT2D eigenvalue weighted by molar-refractivity contribution is 7.15. The Kier molecular flexibility index (Phi) is 4.93. The first-order chi connectivity index (χ1) is 9.22. The van der Waals surface area contributed by atoms with Crippen LogP contribution in [0.1, 0.15) is 25.1 Å². The second-order valence-electron chi connectivity index (χ2n) is 4.52.